The Balaban J connectivity index is 1.46. The van der Waals surface area contributed by atoms with E-state index < -0.39 is 0 Å². The molecule has 5 rings (SSSR count). The predicted molar refractivity (Wildman–Crippen MR) is 129 cm³/mol. The summed E-state index contributed by atoms with van der Waals surface area (Å²) < 4.78 is 19.6. The quantitative estimate of drug-likeness (QED) is 0.493. The molecule has 0 saturated carbocycles. The fourth-order valence-corrected chi connectivity index (χ4v) is 4.49. The Hall–Kier alpha value is -3.19. The van der Waals surface area contributed by atoms with Crippen molar-refractivity contribution in [2.24, 2.45) is 5.92 Å². The lowest BCUT2D eigenvalue weighted by molar-refractivity contribution is 0.0732. The van der Waals surface area contributed by atoms with Crippen LogP contribution in [0.1, 0.15) is 41.4 Å². The minimum absolute atomic E-state index is 0.0795. The van der Waals surface area contributed by atoms with Crippen molar-refractivity contribution in [2.45, 2.75) is 32.7 Å². The molecular formula is C26H26ClFN4O2. The predicted octanol–water partition coefficient (Wildman–Crippen LogP) is 5.50. The van der Waals surface area contributed by atoms with Crippen molar-refractivity contribution >= 4 is 23.5 Å². The highest BCUT2D eigenvalue weighted by atomic mass is 35.5. The van der Waals surface area contributed by atoms with Crippen molar-refractivity contribution in [2.75, 3.05) is 24.5 Å². The van der Waals surface area contributed by atoms with Crippen molar-refractivity contribution in [3.05, 3.63) is 76.2 Å². The Kier molecular flexibility index (Phi) is 6.37. The van der Waals surface area contributed by atoms with Gasteiger partial charge in [-0.1, -0.05) is 18.5 Å². The topological polar surface area (TPSA) is 58.6 Å². The van der Waals surface area contributed by atoms with E-state index in [1.54, 1.807) is 41.3 Å². The molecule has 3 aromatic rings. The van der Waals surface area contributed by atoms with Crippen LogP contribution in [0.15, 0.2) is 48.5 Å². The first-order valence-electron chi connectivity index (χ1n) is 11.6. The normalized spacial score (nSPS) is 16.3. The first-order chi connectivity index (χ1) is 16.5. The molecule has 1 aromatic heterocycles. The zero-order valence-corrected chi connectivity index (χ0v) is 19.8. The molecule has 0 N–H and O–H groups in total. The summed E-state index contributed by atoms with van der Waals surface area (Å²) in [6.45, 7) is 4.96. The Morgan fingerprint density at radius 1 is 1.03 bits per heavy atom. The van der Waals surface area contributed by atoms with Gasteiger partial charge in [0.05, 0.1) is 17.8 Å². The first-order valence-corrected chi connectivity index (χ1v) is 12.0. The molecule has 0 radical (unpaired) electrons. The highest BCUT2D eigenvalue weighted by Crippen LogP contribution is 2.33. The van der Waals surface area contributed by atoms with Gasteiger partial charge in [0, 0.05) is 36.6 Å². The summed E-state index contributed by atoms with van der Waals surface area (Å²) in [5.74, 6) is 1.83. The van der Waals surface area contributed by atoms with Crippen LogP contribution in [-0.4, -0.2) is 40.4 Å². The number of halogens is 2. The maximum absolute atomic E-state index is 13.4. The fraction of sp³-hybridized carbons (Fsp3) is 0.346. The van der Waals surface area contributed by atoms with Gasteiger partial charge in [0.25, 0.3) is 5.91 Å². The first kappa shape index (κ1) is 22.6. The van der Waals surface area contributed by atoms with Crippen LogP contribution >= 0.6 is 11.6 Å². The van der Waals surface area contributed by atoms with Crippen LogP contribution in [0.2, 0.25) is 5.02 Å². The SMILES string of the molecule is CC1CCN(c2nc3c(c(Oc4ccc(F)cc4)n2)CN(C(=O)c2ccc(Cl)cc2)CC3)CC1. The molecule has 0 unspecified atom stereocenters. The van der Waals surface area contributed by atoms with Gasteiger partial charge >= 0.3 is 0 Å². The monoisotopic (exact) mass is 480 g/mol. The summed E-state index contributed by atoms with van der Waals surface area (Å²) in [5, 5.41) is 0.587. The number of piperidine rings is 1. The van der Waals surface area contributed by atoms with Gasteiger partial charge in [0.1, 0.15) is 11.6 Å². The van der Waals surface area contributed by atoms with Gasteiger partial charge in [-0.2, -0.15) is 4.98 Å². The van der Waals surface area contributed by atoms with Crippen LogP contribution in [0, 0.1) is 11.7 Å². The zero-order valence-electron chi connectivity index (χ0n) is 19.0. The molecule has 0 atom stereocenters. The van der Waals surface area contributed by atoms with Gasteiger partial charge in [-0.05, 0) is 67.3 Å². The van der Waals surface area contributed by atoms with E-state index in [1.165, 1.54) is 12.1 Å². The molecule has 34 heavy (non-hydrogen) atoms. The molecule has 0 spiro atoms. The van der Waals surface area contributed by atoms with E-state index in [2.05, 4.69) is 11.8 Å². The molecule has 3 heterocycles. The second-order valence-electron chi connectivity index (χ2n) is 8.96. The van der Waals surface area contributed by atoms with Gasteiger partial charge in [0.15, 0.2) is 0 Å². The van der Waals surface area contributed by atoms with Gasteiger partial charge < -0.3 is 14.5 Å². The molecule has 2 aromatic carbocycles. The van der Waals surface area contributed by atoms with Gasteiger partial charge in [-0.3, -0.25) is 4.79 Å². The lowest BCUT2D eigenvalue weighted by Gasteiger charge is -2.33. The molecule has 6 nitrogen and oxygen atoms in total. The van der Waals surface area contributed by atoms with E-state index in [-0.39, 0.29) is 11.7 Å². The van der Waals surface area contributed by atoms with Gasteiger partial charge in [0.2, 0.25) is 11.8 Å². The number of ether oxygens (including phenoxy) is 1. The number of aromatic nitrogens is 2. The molecule has 2 aliphatic rings. The van der Waals surface area contributed by atoms with E-state index in [4.69, 9.17) is 26.3 Å². The van der Waals surface area contributed by atoms with Gasteiger partial charge in [-0.25, -0.2) is 9.37 Å². The van der Waals surface area contributed by atoms with Crippen LogP contribution in [0.5, 0.6) is 11.6 Å². The Labute approximate surface area is 203 Å². The van der Waals surface area contributed by atoms with Crippen molar-refractivity contribution in [3.8, 4) is 11.6 Å². The summed E-state index contributed by atoms with van der Waals surface area (Å²) in [5.41, 5.74) is 2.25. The van der Waals surface area contributed by atoms with Crippen LogP contribution in [-0.2, 0) is 13.0 Å². The number of amides is 1. The molecule has 1 amide bonds. The third kappa shape index (κ3) is 4.85. The zero-order chi connectivity index (χ0) is 23.7. The third-order valence-corrected chi connectivity index (χ3v) is 6.74. The summed E-state index contributed by atoms with van der Waals surface area (Å²) in [4.78, 5) is 26.7. The average Bonchev–Trinajstić information content (AvgIpc) is 2.85. The maximum atomic E-state index is 13.4. The third-order valence-electron chi connectivity index (χ3n) is 6.48. The van der Waals surface area contributed by atoms with E-state index in [0.29, 0.717) is 53.6 Å². The minimum Gasteiger partial charge on any atom is -0.438 e. The van der Waals surface area contributed by atoms with Crippen LogP contribution in [0.3, 0.4) is 0 Å². The number of hydrogen-bond acceptors (Lipinski definition) is 5. The molecular weight excluding hydrogens is 455 g/mol. The molecule has 2 aliphatic heterocycles. The van der Waals surface area contributed by atoms with Crippen LogP contribution < -0.4 is 9.64 Å². The number of hydrogen-bond donors (Lipinski definition) is 0. The minimum atomic E-state index is -0.333. The highest BCUT2D eigenvalue weighted by Gasteiger charge is 2.29. The summed E-state index contributed by atoms with van der Waals surface area (Å²) in [6.07, 6.45) is 2.80. The van der Waals surface area contributed by atoms with Crippen LogP contribution in [0.4, 0.5) is 10.3 Å². The second kappa shape index (κ2) is 9.58. The number of anilines is 1. The number of nitrogens with zero attached hydrogens (tertiary/aromatic N) is 4. The average molecular weight is 481 g/mol. The van der Waals surface area contributed by atoms with E-state index >= 15 is 0 Å². The summed E-state index contributed by atoms with van der Waals surface area (Å²) >= 11 is 5.98. The largest absolute Gasteiger partial charge is 0.438 e. The van der Waals surface area contributed by atoms with Crippen molar-refractivity contribution in [1.29, 1.82) is 0 Å². The molecule has 176 valence electrons. The molecule has 1 fully saturated rings. The number of rotatable bonds is 4. The number of carbonyl (C=O) groups is 1. The van der Waals surface area contributed by atoms with E-state index in [0.717, 1.165) is 37.2 Å². The number of benzene rings is 2. The van der Waals surface area contributed by atoms with Crippen molar-refractivity contribution in [3.63, 3.8) is 0 Å². The van der Waals surface area contributed by atoms with Gasteiger partial charge in [-0.15, -0.1) is 0 Å². The Morgan fingerprint density at radius 2 is 1.74 bits per heavy atom. The lowest BCUT2D eigenvalue weighted by Crippen LogP contribution is -2.38. The van der Waals surface area contributed by atoms with Crippen molar-refractivity contribution in [1.82, 2.24) is 14.9 Å². The maximum Gasteiger partial charge on any atom is 0.254 e. The van der Waals surface area contributed by atoms with E-state index in [9.17, 15) is 9.18 Å². The molecule has 0 aliphatic carbocycles. The molecule has 0 bridgehead atoms. The summed E-state index contributed by atoms with van der Waals surface area (Å²) in [6, 6.07) is 12.7. The molecule has 1 saturated heterocycles. The Morgan fingerprint density at radius 3 is 2.44 bits per heavy atom. The Bertz CT molecular complexity index is 1180. The van der Waals surface area contributed by atoms with E-state index in [1.807, 2.05) is 0 Å². The standard InChI is InChI=1S/C26H26ClFN4O2/c1-17-10-13-31(14-11-17)26-29-23-12-15-32(25(33)18-2-4-19(27)5-3-18)16-22(23)24(30-26)34-21-8-6-20(28)7-9-21/h2-9,17H,10-16H2,1H3. The second-order valence-corrected chi connectivity index (χ2v) is 9.40. The van der Waals surface area contributed by atoms with Crippen LogP contribution in [0.25, 0.3) is 0 Å². The number of fused-ring (bicyclic) bond motifs is 1. The molecule has 8 heteroatoms. The smallest absolute Gasteiger partial charge is 0.254 e. The summed E-state index contributed by atoms with van der Waals surface area (Å²) in [7, 11) is 0. The van der Waals surface area contributed by atoms with Crippen molar-refractivity contribution < 1.29 is 13.9 Å². The highest BCUT2D eigenvalue weighted by molar-refractivity contribution is 6.30. The fourth-order valence-electron chi connectivity index (χ4n) is 4.37. The lowest BCUT2D eigenvalue weighted by atomic mass is 9.99. The number of carbonyl (C=O) groups excluding carboxylic acids is 1.